The molecular formula is C14H18INO4. The predicted molar refractivity (Wildman–Crippen MR) is 84.1 cm³/mol. The summed E-state index contributed by atoms with van der Waals surface area (Å²) in [5.41, 5.74) is -0.316. The highest BCUT2D eigenvalue weighted by atomic mass is 127. The van der Waals surface area contributed by atoms with Gasteiger partial charge in [-0.1, -0.05) is 0 Å². The van der Waals surface area contributed by atoms with Crippen LogP contribution in [-0.2, 0) is 4.79 Å². The van der Waals surface area contributed by atoms with Crippen molar-refractivity contribution in [1.29, 1.82) is 0 Å². The van der Waals surface area contributed by atoms with Gasteiger partial charge in [-0.2, -0.15) is 0 Å². The molecule has 1 aromatic carbocycles. The molecule has 0 bridgehead atoms. The smallest absolute Gasteiger partial charge is 0.339 e. The maximum absolute atomic E-state index is 11.9. The Balaban J connectivity index is 2.88. The van der Waals surface area contributed by atoms with Gasteiger partial charge in [0.15, 0.2) is 6.10 Å². The molecule has 0 fully saturated rings. The largest absolute Gasteiger partial charge is 0.480 e. The van der Waals surface area contributed by atoms with E-state index in [1.807, 2.05) is 43.4 Å². The zero-order valence-corrected chi connectivity index (χ0v) is 14.0. The molecule has 0 heterocycles. The van der Waals surface area contributed by atoms with E-state index in [2.05, 4.69) is 5.32 Å². The number of carbonyl (C=O) groups is 2. The van der Waals surface area contributed by atoms with E-state index < -0.39 is 12.1 Å². The molecule has 1 aromatic rings. The fourth-order valence-electron chi connectivity index (χ4n) is 1.49. The topological polar surface area (TPSA) is 75.6 Å². The first kappa shape index (κ1) is 16.7. The summed E-state index contributed by atoms with van der Waals surface area (Å²) >= 11 is 2.02. The number of hydrogen-bond acceptors (Lipinski definition) is 3. The predicted octanol–water partition coefficient (Wildman–Crippen LogP) is 2.67. The highest BCUT2D eigenvalue weighted by molar-refractivity contribution is 14.1. The van der Waals surface area contributed by atoms with E-state index in [1.54, 1.807) is 19.1 Å². The molecule has 1 amide bonds. The molecule has 110 valence electrons. The van der Waals surface area contributed by atoms with Gasteiger partial charge in [0.25, 0.3) is 5.91 Å². The van der Waals surface area contributed by atoms with Gasteiger partial charge in [0.2, 0.25) is 0 Å². The summed E-state index contributed by atoms with van der Waals surface area (Å²) in [6.07, 6.45) is -0.771. The SMILES string of the molecule is CC(Oc1ccc(I)cc1C(=O)O)C(=O)NC(C)(C)C. The van der Waals surface area contributed by atoms with Gasteiger partial charge in [0.1, 0.15) is 11.3 Å². The van der Waals surface area contributed by atoms with Gasteiger partial charge >= 0.3 is 5.97 Å². The van der Waals surface area contributed by atoms with Crippen LogP contribution in [0.15, 0.2) is 18.2 Å². The number of benzene rings is 1. The average molecular weight is 391 g/mol. The molecule has 5 nitrogen and oxygen atoms in total. The third-order valence-corrected chi connectivity index (χ3v) is 3.01. The van der Waals surface area contributed by atoms with Gasteiger partial charge in [0, 0.05) is 9.11 Å². The summed E-state index contributed by atoms with van der Waals surface area (Å²) in [6.45, 7) is 7.19. The molecule has 6 heteroatoms. The van der Waals surface area contributed by atoms with Crippen LogP contribution in [0.1, 0.15) is 38.1 Å². The molecule has 0 spiro atoms. The van der Waals surface area contributed by atoms with Crippen LogP contribution < -0.4 is 10.1 Å². The summed E-state index contributed by atoms with van der Waals surface area (Å²) in [5, 5.41) is 11.9. The van der Waals surface area contributed by atoms with Crippen molar-refractivity contribution < 1.29 is 19.4 Å². The maximum Gasteiger partial charge on any atom is 0.339 e. The summed E-state index contributed by atoms with van der Waals surface area (Å²) in [6, 6.07) is 4.80. The zero-order valence-electron chi connectivity index (χ0n) is 11.9. The van der Waals surface area contributed by atoms with Crippen LogP contribution in [0.4, 0.5) is 0 Å². The van der Waals surface area contributed by atoms with E-state index in [0.717, 1.165) is 3.57 Å². The van der Waals surface area contributed by atoms with Gasteiger partial charge in [-0.3, -0.25) is 4.79 Å². The van der Waals surface area contributed by atoms with Crippen LogP contribution in [0.2, 0.25) is 0 Å². The van der Waals surface area contributed by atoms with Gasteiger partial charge in [-0.25, -0.2) is 4.79 Å². The van der Waals surface area contributed by atoms with E-state index >= 15 is 0 Å². The van der Waals surface area contributed by atoms with Crippen molar-refractivity contribution in [1.82, 2.24) is 5.32 Å². The molecule has 1 unspecified atom stereocenters. The lowest BCUT2D eigenvalue weighted by molar-refractivity contribution is -0.128. The number of carboxylic acids is 1. The Bertz CT molecular complexity index is 522. The van der Waals surface area contributed by atoms with Crippen molar-refractivity contribution >= 4 is 34.5 Å². The fourth-order valence-corrected chi connectivity index (χ4v) is 1.98. The number of nitrogens with one attached hydrogen (secondary N) is 1. The standard InChI is InChI=1S/C14H18INO4/c1-8(12(17)16-14(2,3)4)20-11-6-5-9(15)7-10(11)13(18)19/h5-8H,1-4H3,(H,16,17)(H,18,19). The van der Waals surface area contributed by atoms with E-state index in [0.29, 0.717) is 0 Å². The number of carboxylic acid groups (broad SMARTS) is 1. The second-order valence-electron chi connectivity index (χ2n) is 5.44. The molecule has 0 aliphatic rings. The number of ether oxygens (including phenoxy) is 1. The quantitative estimate of drug-likeness (QED) is 0.774. The van der Waals surface area contributed by atoms with Gasteiger partial charge in [-0.05, 0) is 68.5 Å². The van der Waals surface area contributed by atoms with Crippen LogP contribution in [0, 0.1) is 3.57 Å². The van der Waals surface area contributed by atoms with E-state index in [4.69, 9.17) is 9.84 Å². The summed E-state index contributed by atoms with van der Waals surface area (Å²) in [4.78, 5) is 23.1. The summed E-state index contributed by atoms with van der Waals surface area (Å²) in [5.74, 6) is -1.18. The van der Waals surface area contributed by atoms with Crippen LogP contribution in [0.5, 0.6) is 5.75 Å². The van der Waals surface area contributed by atoms with Crippen molar-refractivity contribution in [2.45, 2.75) is 39.3 Å². The second kappa shape index (κ2) is 6.43. The maximum atomic E-state index is 11.9. The molecule has 0 aliphatic heterocycles. The van der Waals surface area contributed by atoms with Crippen LogP contribution in [0.25, 0.3) is 0 Å². The molecule has 0 aromatic heterocycles. The molecule has 0 aliphatic carbocycles. The van der Waals surface area contributed by atoms with Crippen molar-refractivity contribution in [3.63, 3.8) is 0 Å². The number of carbonyl (C=O) groups excluding carboxylic acids is 1. The van der Waals surface area contributed by atoms with Crippen molar-refractivity contribution in [3.05, 3.63) is 27.3 Å². The third-order valence-electron chi connectivity index (χ3n) is 2.34. The minimum Gasteiger partial charge on any atom is -0.480 e. The molecule has 1 atom stereocenters. The van der Waals surface area contributed by atoms with Gasteiger partial charge in [0.05, 0.1) is 0 Å². The minimum atomic E-state index is -1.08. The highest BCUT2D eigenvalue weighted by Crippen LogP contribution is 2.22. The molecule has 1 rings (SSSR count). The average Bonchev–Trinajstić information content (AvgIpc) is 2.28. The Morgan fingerprint density at radius 3 is 2.45 bits per heavy atom. The first-order valence-corrected chi connectivity index (χ1v) is 7.19. The van der Waals surface area contributed by atoms with Crippen LogP contribution in [-0.4, -0.2) is 28.6 Å². The van der Waals surface area contributed by atoms with E-state index in [1.165, 1.54) is 6.07 Å². The Labute approximate surface area is 131 Å². The minimum absolute atomic E-state index is 0.0484. The first-order valence-electron chi connectivity index (χ1n) is 6.11. The zero-order chi connectivity index (χ0) is 15.5. The Morgan fingerprint density at radius 2 is 1.95 bits per heavy atom. The van der Waals surface area contributed by atoms with Crippen LogP contribution in [0.3, 0.4) is 0 Å². The molecule has 0 saturated heterocycles. The van der Waals surface area contributed by atoms with Gasteiger partial charge < -0.3 is 15.2 Å². The van der Waals surface area contributed by atoms with Crippen LogP contribution >= 0.6 is 22.6 Å². The Hall–Kier alpha value is -1.31. The van der Waals surface area contributed by atoms with E-state index in [-0.39, 0.29) is 22.8 Å². The number of halogens is 1. The number of rotatable bonds is 4. The lowest BCUT2D eigenvalue weighted by atomic mass is 10.1. The summed E-state index contributed by atoms with van der Waals surface area (Å²) in [7, 11) is 0. The number of amides is 1. The number of aromatic carboxylic acids is 1. The Morgan fingerprint density at radius 1 is 1.35 bits per heavy atom. The normalized spacial score (nSPS) is 12.7. The fraction of sp³-hybridized carbons (Fsp3) is 0.429. The lowest BCUT2D eigenvalue weighted by Gasteiger charge is -2.24. The summed E-state index contributed by atoms with van der Waals surface area (Å²) < 4.78 is 6.26. The molecule has 0 radical (unpaired) electrons. The van der Waals surface area contributed by atoms with Crippen molar-refractivity contribution in [2.75, 3.05) is 0 Å². The van der Waals surface area contributed by atoms with Crippen molar-refractivity contribution in [2.24, 2.45) is 0 Å². The lowest BCUT2D eigenvalue weighted by Crippen LogP contribution is -2.46. The van der Waals surface area contributed by atoms with Gasteiger partial charge in [-0.15, -0.1) is 0 Å². The first-order chi connectivity index (χ1) is 9.10. The molecule has 0 saturated carbocycles. The highest BCUT2D eigenvalue weighted by Gasteiger charge is 2.22. The second-order valence-corrected chi connectivity index (χ2v) is 6.69. The monoisotopic (exact) mass is 391 g/mol. The number of hydrogen-bond donors (Lipinski definition) is 2. The molecule has 2 N–H and O–H groups in total. The van der Waals surface area contributed by atoms with Crippen molar-refractivity contribution in [3.8, 4) is 5.75 Å². The Kier molecular flexibility index (Phi) is 5.38. The van der Waals surface area contributed by atoms with E-state index in [9.17, 15) is 9.59 Å². The third kappa shape index (κ3) is 4.99. The molecular weight excluding hydrogens is 373 g/mol. The molecule has 20 heavy (non-hydrogen) atoms.